The fraction of sp³-hybridized carbons (Fsp3) is 0.718. The van der Waals surface area contributed by atoms with E-state index in [4.69, 9.17) is 16.2 Å². The number of aryl methyl sites for hydroxylation is 1. The molecule has 1 aromatic carbocycles. The molecule has 0 amide bonds. The van der Waals surface area contributed by atoms with Crippen LogP contribution >= 0.6 is 0 Å². The lowest BCUT2D eigenvalue weighted by atomic mass is 9.40. The number of hydrogen-bond acceptors (Lipinski definition) is 4. The first kappa shape index (κ1) is 32.2. The molecule has 1 aromatic rings. The third-order valence-electron chi connectivity index (χ3n) is 13.6. The Bertz CT molecular complexity index is 1250. The second-order valence-corrected chi connectivity index (χ2v) is 16.6. The Morgan fingerprint density at radius 3 is 2.30 bits per heavy atom. The molecule has 8 atom stereocenters. The number of benzene rings is 1. The predicted molar refractivity (Wildman–Crippen MR) is 180 cm³/mol. The van der Waals surface area contributed by atoms with Gasteiger partial charge < -0.3 is 16.2 Å². The van der Waals surface area contributed by atoms with Gasteiger partial charge >= 0.3 is 5.97 Å². The highest BCUT2D eigenvalue weighted by molar-refractivity contribution is 5.70. The lowest BCUT2D eigenvalue weighted by Crippen LogP contribution is -2.58. The van der Waals surface area contributed by atoms with Gasteiger partial charge in [0, 0.05) is 23.2 Å². The molecule has 0 aromatic heterocycles. The summed E-state index contributed by atoms with van der Waals surface area (Å²) in [5, 5.41) is 0. The van der Waals surface area contributed by atoms with Gasteiger partial charge in [-0.05, 0) is 142 Å². The lowest BCUT2D eigenvalue weighted by molar-refractivity contribution is -0.162. The smallest absolute Gasteiger partial charge is 0.306 e. The van der Waals surface area contributed by atoms with Crippen LogP contribution in [0.15, 0.2) is 41.5 Å². The molecule has 3 saturated carbocycles. The molecule has 0 bridgehead atoms. The van der Waals surface area contributed by atoms with E-state index in [9.17, 15) is 4.79 Å². The second-order valence-electron chi connectivity index (χ2n) is 16.6. The zero-order chi connectivity index (χ0) is 31.4. The van der Waals surface area contributed by atoms with E-state index in [1.165, 1.54) is 50.5 Å². The molecule has 4 nitrogen and oxygen atoms in total. The Hall–Kier alpha value is -2.23. The molecule has 0 aliphatic heterocycles. The van der Waals surface area contributed by atoms with Gasteiger partial charge in [0.05, 0.1) is 0 Å². The number of carbonyl (C=O) groups is 1. The maximum atomic E-state index is 13.1. The number of anilines is 2. The number of esters is 1. The van der Waals surface area contributed by atoms with Crippen LogP contribution in [0.4, 0.5) is 11.4 Å². The zero-order valence-electron chi connectivity index (χ0n) is 28.5. The minimum atomic E-state index is -0.158. The van der Waals surface area contributed by atoms with Gasteiger partial charge in [0.15, 0.2) is 0 Å². The van der Waals surface area contributed by atoms with Gasteiger partial charge in [0.25, 0.3) is 0 Å². The highest BCUT2D eigenvalue weighted by atomic mass is 16.5. The Morgan fingerprint density at radius 2 is 1.63 bits per heavy atom. The number of fused-ring (bicyclic) bond motifs is 5. The van der Waals surface area contributed by atoms with Gasteiger partial charge in [-0.3, -0.25) is 4.79 Å². The van der Waals surface area contributed by atoms with Crippen LogP contribution in [0.25, 0.3) is 0 Å². The van der Waals surface area contributed by atoms with Gasteiger partial charge in [0.2, 0.25) is 0 Å². The van der Waals surface area contributed by atoms with Gasteiger partial charge in [-0.25, -0.2) is 0 Å². The summed E-state index contributed by atoms with van der Waals surface area (Å²) in [6.07, 6.45) is 17.2. The van der Waals surface area contributed by atoms with Crippen LogP contribution in [-0.2, 0) is 16.0 Å². The summed E-state index contributed by atoms with van der Waals surface area (Å²) in [7, 11) is 0. The van der Waals surface area contributed by atoms with Crippen molar-refractivity contribution in [2.24, 2.45) is 45.3 Å². The Kier molecular flexibility index (Phi) is 8.68. The van der Waals surface area contributed by atoms with Crippen LogP contribution in [-0.4, -0.2) is 12.1 Å². The van der Waals surface area contributed by atoms with Crippen LogP contribution in [0.3, 0.4) is 0 Å². The Balaban J connectivity index is 1.30. The van der Waals surface area contributed by atoms with Crippen LogP contribution in [0, 0.1) is 45.3 Å². The largest absolute Gasteiger partial charge is 0.461 e. The summed E-state index contributed by atoms with van der Waals surface area (Å²) >= 11 is 0. The molecule has 4 heteroatoms. The molecule has 4 aliphatic carbocycles. The van der Waals surface area contributed by atoms with E-state index in [0.29, 0.717) is 35.0 Å². The van der Waals surface area contributed by atoms with Crippen molar-refractivity contribution in [1.82, 2.24) is 0 Å². The maximum Gasteiger partial charge on any atom is 0.306 e. The number of hydrogen-bond donors (Lipinski definition) is 2. The molecule has 43 heavy (non-hydrogen) atoms. The molecule has 238 valence electrons. The summed E-state index contributed by atoms with van der Waals surface area (Å²) in [5.74, 6) is 2.96. The van der Waals surface area contributed by atoms with Gasteiger partial charge in [-0.2, -0.15) is 0 Å². The van der Waals surface area contributed by atoms with Crippen molar-refractivity contribution < 1.29 is 9.53 Å². The zero-order valence-corrected chi connectivity index (χ0v) is 28.5. The molecule has 4 N–H and O–H groups in total. The van der Waals surface area contributed by atoms with Crippen molar-refractivity contribution in [3.8, 4) is 0 Å². The quantitative estimate of drug-likeness (QED) is 0.180. The third-order valence-corrected chi connectivity index (χ3v) is 13.6. The van der Waals surface area contributed by atoms with Crippen LogP contribution in [0.2, 0.25) is 0 Å². The molecule has 0 spiro atoms. The van der Waals surface area contributed by atoms with Crippen molar-refractivity contribution in [1.29, 1.82) is 0 Å². The summed E-state index contributed by atoms with van der Waals surface area (Å²) in [6.45, 7) is 19.6. The van der Waals surface area contributed by atoms with Crippen molar-refractivity contribution >= 4 is 17.3 Å². The van der Waals surface area contributed by atoms with Crippen LogP contribution in [0.5, 0.6) is 0 Å². The minimum absolute atomic E-state index is 0.0799. The Labute approximate surface area is 262 Å². The van der Waals surface area contributed by atoms with E-state index >= 15 is 0 Å². The van der Waals surface area contributed by atoms with E-state index < -0.39 is 0 Å². The first-order valence-corrected chi connectivity index (χ1v) is 17.3. The standard InChI is InChI=1S/C39H60N2O2/c1-25(2)10-9-11-26(3)30-16-20-39(8)32-13-14-33-36(4,5)34(18-19-37(33,6)31(32)17-21-38(30,39)7)43-35(42)15-12-27-22-28(40)24-29(41)23-27/h10,14,22-24,26,30-32,34H,9,11-13,15-21,40-41H2,1-8H3. The number of carbonyl (C=O) groups excluding carboxylic acids is 1. The van der Waals surface area contributed by atoms with Crippen LogP contribution in [0.1, 0.15) is 125 Å². The molecule has 0 saturated heterocycles. The van der Waals surface area contributed by atoms with E-state index in [0.717, 1.165) is 42.1 Å². The minimum Gasteiger partial charge on any atom is -0.461 e. The first-order valence-electron chi connectivity index (χ1n) is 17.3. The van der Waals surface area contributed by atoms with Crippen molar-refractivity contribution in [2.75, 3.05) is 11.5 Å². The fourth-order valence-corrected chi connectivity index (χ4v) is 11.1. The van der Waals surface area contributed by atoms with Gasteiger partial charge in [0.1, 0.15) is 6.10 Å². The number of nitrogens with two attached hydrogens (primary N) is 2. The number of nitrogen functional groups attached to an aromatic ring is 2. The van der Waals surface area contributed by atoms with E-state index in [1.807, 2.05) is 12.1 Å². The predicted octanol–water partition coefficient (Wildman–Crippen LogP) is 9.68. The number of rotatable bonds is 8. The van der Waals surface area contributed by atoms with E-state index in [2.05, 4.69) is 67.5 Å². The average Bonchev–Trinajstić information content (AvgIpc) is 3.19. The molecule has 3 fully saturated rings. The topological polar surface area (TPSA) is 78.3 Å². The number of allylic oxidation sites excluding steroid dienone is 3. The molecular formula is C39H60N2O2. The van der Waals surface area contributed by atoms with E-state index in [-0.39, 0.29) is 22.9 Å². The number of ether oxygens (including phenoxy) is 1. The van der Waals surface area contributed by atoms with Crippen molar-refractivity contribution in [3.05, 3.63) is 47.1 Å². The third kappa shape index (κ3) is 5.59. The maximum absolute atomic E-state index is 13.1. The molecule has 5 rings (SSSR count). The SMILES string of the molecule is CC(C)=CCCC(C)C1CCC2(C)C3CC=C4C(C)(C)C(OC(=O)CCc5cc(N)cc(N)c5)CCC4(C)C3CCC12C. The molecule has 0 heterocycles. The fourth-order valence-electron chi connectivity index (χ4n) is 11.1. The van der Waals surface area contributed by atoms with Crippen molar-refractivity contribution in [2.45, 2.75) is 132 Å². The van der Waals surface area contributed by atoms with Crippen molar-refractivity contribution in [3.63, 3.8) is 0 Å². The molecule has 8 unspecified atom stereocenters. The molecule has 0 radical (unpaired) electrons. The molecule has 4 aliphatic rings. The summed E-state index contributed by atoms with van der Waals surface area (Å²) < 4.78 is 6.27. The normalized spacial score (nSPS) is 36.9. The monoisotopic (exact) mass is 588 g/mol. The van der Waals surface area contributed by atoms with Crippen LogP contribution < -0.4 is 11.5 Å². The highest BCUT2D eigenvalue weighted by Gasteiger charge is 2.66. The molecular weight excluding hydrogens is 528 g/mol. The van der Waals surface area contributed by atoms with Gasteiger partial charge in [-0.1, -0.05) is 64.8 Å². The lowest BCUT2D eigenvalue weighted by Gasteiger charge is -2.64. The second kappa shape index (κ2) is 11.6. The average molecular weight is 589 g/mol. The first-order chi connectivity index (χ1) is 20.1. The Morgan fingerprint density at radius 1 is 0.953 bits per heavy atom. The van der Waals surface area contributed by atoms with E-state index in [1.54, 1.807) is 11.6 Å². The summed E-state index contributed by atoms with van der Waals surface area (Å²) in [5.41, 5.74) is 18.0. The highest BCUT2D eigenvalue weighted by Crippen LogP contribution is 2.73. The summed E-state index contributed by atoms with van der Waals surface area (Å²) in [6, 6.07) is 5.55. The van der Waals surface area contributed by atoms with Gasteiger partial charge in [-0.15, -0.1) is 0 Å². The summed E-state index contributed by atoms with van der Waals surface area (Å²) in [4.78, 5) is 13.1.